The second kappa shape index (κ2) is 7.42. The molecule has 0 radical (unpaired) electrons. The minimum absolute atomic E-state index is 0.0644. The number of aliphatic hydroxyl groups excluding tert-OH is 2. The van der Waals surface area contributed by atoms with Crippen molar-refractivity contribution in [3.8, 4) is 0 Å². The van der Waals surface area contributed by atoms with Crippen molar-refractivity contribution in [3.63, 3.8) is 0 Å². The van der Waals surface area contributed by atoms with E-state index in [4.69, 9.17) is 10.2 Å². The lowest BCUT2D eigenvalue weighted by Crippen LogP contribution is -2.16. The molecule has 0 heterocycles. The highest BCUT2D eigenvalue weighted by Crippen LogP contribution is 2.10. The number of halogens is 1. The van der Waals surface area contributed by atoms with Gasteiger partial charge in [-0.15, -0.1) is 0 Å². The summed E-state index contributed by atoms with van der Waals surface area (Å²) in [4.78, 5) is 11.5. The topological polar surface area (TPSA) is 57.5 Å². The second-order valence-corrected chi connectivity index (χ2v) is 4.69. The van der Waals surface area contributed by atoms with Crippen molar-refractivity contribution in [3.05, 3.63) is 35.6 Å². The predicted octanol–water partition coefficient (Wildman–Crippen LogP) is 1.02. The van der Waals surface area contributed by atoms with Crippen molar-refractivity contribution >= 4 is 17.5 Å². The molecule has 1 aromatic rings. The molecule has 0 amide bonds. The van der Waals surface area contributed by atoms with Crippen LogP contribution in [0.2, 0.25) is 0 Å². The molecule has 2 N–H and O–H groups in total. The molecular weight excluding hydrogens is 243 g/mol. The standard InChI is InChI=1S/C12H15FO3S/c13-12-4-2-1-3-9(12)5-10(15)7-17-8-11(16)6-14/h1-4,11,14,16H,5-8H2. The number of ketones is 1. The third-order valence-electron chi connectivity index (χ3n) is 2.13. The zero-order valence-electron chi connectivity index (χ0n) is 9.30. The molecule has 0 aliphatic heterocycles. The van der Waals surface area contributed by atoms with Crippen molar-refractivity contribution in [1.29, 1.82) is 0 Å². The highest BCUT2D eigenvalue weighted by molar-refractivity contribution is 8.00. The van der Waals surface area contributed by atoms with E-state index >= 15 is 0 Å². The first-order chi connectivity index (χ1) is 8.13. The van der Waals surface area contributed by atoms with E-state index in [0.717, 1.165) is 0 Å². The van der Waals surface area contributed by atoms with E-state index in [9.17, 15) is 9.18 Å². The van der Waals surface area contributed by atoms with Gasteiger partial charge in [-0.05, 0) is 11.6 Å². The van der Waals surface area contributed by atoms with Crippen LogP contribution in [0.15, 0.2) is 24.3 Å². The van der Waals surface area contributed by atoms with Crippen LogP contribution < -0.4 is 0 Å². The van der Waals surface area contributed by atoms with Gasteiger partial charge in [0.2, 0.25) is 0 Å². The molecule has 0 aliphatic rings. The minimum atomic E-state index is -0.804. The number of rotatable bonds is 7. The lowest BCUT2D eigenvalue weighted by Gasteiger charge is -2.06. The molecule has 1 unspecified atom stereocenters. The molecule has 0 saturated heterocycles. The summed E-state index contributed by atoms with van der Waals surface area (Å²) in [5, 5.41) is 17.6. The Bertz CT molecular complexity index is 371. The summed E-state index contributed by atoms with van der Waals surface area (Å²) in [7, 11) is 0. The largest absolute Gasteiger partial charge is 0.394 e. The van der Waals surface area contributed by atoms with Gasteiger partial charge >= 0.3 is 0 Å². The lowest BCUT2D eigenvalue weighted by molar-refractivity contribution is -0.116. The van der Waals surface area contributed by atoms with Crippen LogP contribution >= 0.6 is 11.8 Å². The van der Waals surface area contributed by atoms with Crippen LogP contribution in [-0.4, -0.2) is 40.2 Å². The third-order valence-corrected chi connectivity index (χ3v) is 3.28. The van der Waals surface area contributed by atoms with Crippen LogP contribution in [0.25, 0.3) is 0 Å². The minimum Gasteiger partial charge on any atom is -0.394 e. The molecule has 94 valence electrons. The van der Waals surface area contributed by atoms with Gasteiger partial charge in [0.25, 0.3) is 0 Å². The van der Waals surface area contributed by atoms with E-state index in [0.29, 0.717) is 11.3 Å². The van der Waals surface area contributed by atoms with Crippen molar-refractivity contribution < 1.29 is 19.4 Å². The highest BCUT2D eigenvalue weighted by Gasteiger charge is 2.09. The molecule has 17 heavy (non-hydrogen) atoms. The van der Waals surface area contributed by atoms with Crippen LogP contribution in [0.1, 0.15) is 5.56 Å². The zero-order chi connectivity index (χ0) is 12.7. The summed E-state index contributed by atoms with van der Waals surface area (Å²) >= 11 is 1.24. The Kier molecular flexibility index (Phi) is 6.18. The average Bonchev–Trinajstić information content (AvgIpc) is 2.32. The Labute approximate surface area is 104 Å². The summed E-state index contributed by atoms with van der Waals surface area (Å²) in [5.74, 6) is 0.0525. The number of thioether (sulfide) groups is 1. The quantitative estimate of drug-likeness (QED) is 0.767. The monoisotopic (exact) mass is 258 g/mol. The number of carbonyl (C=O) groups is 1. The summed E-state index contributed by atoms with van der Waals surface area (Å²) in [5.41, 5.74) is 0.390. The number of hydrogen-bond donors (Lipinski definition) is 2. The summed E-state index contributed by atoms with van der Waals surface area (Å²) in [6.07, 6.45) is -0.740. The van der Waals surface area contributed by atoms with Gasteiger partial charge < -0.3 is 10.2 Å². The van der Waals surface area contributed by atoms with E-state index in [2.05, 4.69) is 0 Å². The van der Waals surface area contributed by atoms with Gasteiger partial charge in [0, 0.05) is 12.2 Å². The Morgan fingerprint density at radius 3 is 2.76 bits per heavy atom. The molecule has 0 bridgehead atoms. The Hall–Kier alpha value is -0.910. The van der Waals surface area contributed by atoms with Crippen molar-refractivity contribution in [2.45, 2.75) is 12.5 Å². The van der Waals surface area contributed by atoms with Crippen LogP contribution in [0.3, 0.4) is 0 Å². The maximum atomic E-state index is 13.2. The molecule has 0 aromatic heterocycles. The number of aliphatic hydroxyl groups is 2. The highest BCUT2D eigenvalue weighted by atomic mass is 32.2. The number of benzene rings is 1. The van der Waals surface area contributed by atoms with Gasteiger partial charge in [-0.3, -0.25) is 4.79 Å². The van der Waals surface area contributed by atoms with Gasteiger partial charge in [0.15, 0.2) is 0 Å². The SMILES string of the molecule is O=C(CSCC(O)CO)Cc1ccccc1F. The Morgan fingerprint density at radius 1 is 1.41 bits per heavy atom. The van der Waals surface area contributed by atoms with Gasteiger partial charge in [0.05, 0.1) is 18.5 Å². The first kappa shape index (κ1) is 14.2. The zero-order valence-corrected chi connectivity index (χ0v) is 10.1. The van der Waals surface area contributed by atoms with E-state index in [-0.39, 0.29) is 30.4 Å². The average molecular weight is 258 g/mol. The fraction of sp³-hybridized carbons (Fsp3) is 0.417. The fourth-order valence-electron chi connectivity index (χ4n) is 1.27. The maximum Gasteiger partial charge on any atom is 0.147 e. The first-order valence-electron chi connectivity index (χ1n) is 5.25. The third kappa shape index (κ3) is 5.30. The fourth-order valence-corrected chi connectivity index (χ4v) is 2.09. The maximum absolute atomic E-state index is 13.2. The predicted molar refractivity (Wildman–Crippen MR) is 65.5 cm³/mol. The van der Waals surface area contributed by atoms with Crippen molar-refractivity contribution in [2.75, 3.05) is 18.1 Å². The lowest BCUT2D eigenvalue weighted by atomic mass is 10.1. The van der Waals surface area contributed by atoms with Crippen LogP contribution in [-0.2, 0) is 11.2 Å². The molecule has 1 atom stereocenters. The van der Waals surface area contributed by atoms with Gasteiger partial charge in [-0.25, -0.2) is 4.39 Å². The summed E-state index contributed by atoms with van der Waals surface area (Å²) in [6, 6.07) is 6.18. The molecule has 1 rings (SSSR count). The number of hydrogen-bond acceptors (Lipinski definition) is 4. The van der Waals surface area contributed by atoms with E-state index < -0.39 is 6.10 Å². The number of Topliss-reactive ketones (excluding diaryl/α,β-unsaturated/α-hetero) is 1. The molecule has 0 aliphatic carbocycles. The first-order valence-corrected chi connectivity index (χ1v) is 6.40. The van der Waals surface area contributed by atoms with Crippen LogP contribution in [0, 0.1) is 5.82 Å². The second-order valence-electron chi connectivity index (χ2n) is 3.66. The van der Waals surface area contributed by atoms with Crippen LogP contribution in [0.4, 0.5) is 4.39 Å². The molecular formula is C12H15FO3S. The van der Waals surface area contributed by atoms with Crippen LogP contribution in [0.5, 0.6) is 0 Å². The Morgan fingerprint density at radius 2 is 2.12 bits per heavy atom. The van der Waals surface area contributed by atoms with Gasteiger partial charge in [0.1, 0.15) is 11.6 Å². The molecule has 0 saturated carbocycles. The smallest absolute Gasteiger partial charge is 0.147 e. The molecule has 0 fully saturated rings. The molecule has 5 heteroatoms. The normalized spacial score (nSPS) is 12.4. The summed E-state index contributed by atoms with van der Waals surface area (Å²) in [6.45, 7) is -0.311. The molecule has 1 aromatic carbocycles. The Balaban J connectivity index is 2.33. The van der Waals surface area contributed by atoms with Crippen molar-refractivity contribution in [2.24, 2.45) is 0 Å². The van der Waals surface area contributed by atoms with Gasteiger partial charge in [-0.2, -0.15) is 11.8 Å². The van der Waals surface area contributed by atoms with Gasteiger partial charge in [-0.1, -0.05) is 18.2 Å². The van der Waals surface area contributed by atoms with E-state index in [1.54, 1.807) is 18.2 Å². The summed E-state index contributed by atoms with van der Waals surface area (Å²) < 4.78 is 13.2. The molecule has 0 spiro atoms. The van der Waals surface area contributed by atoms with E-state index in [1.807, 2.05) is 0 Å². The van der Waals surface area contributed by atoms with Crippen molar-refractivity contribution in [1.82, 2.24) is 0 Å². The number of carbonyl (C=O) groups excluding carboxylic acids is 1. The van der Waals surface area contributed by atoms with E-state index in [1.165, 1.54) is 17.8 Å². The molecule has 3 nitrogen and oxygen atoms in total.